The number of aryl methyl sites for hydroxylation is 1. The monoisotopic (exact) mass is 405 g/mol. The zero-order chi connectivity index (χ0) is 21.1. The van der Waals surface area contributed by atoms with E-state index in [-0.39, 0.29) is 11.7 Å². The molecule has 1 fully saturated rings. The van der Waals surface area contributed by atoms with Gasteiger partial charge in [0.25, 0.3) is 0 Å². The van der Waals surface area contributed by atoms with Crippen LogP contribution in [0.3, 0.4) is 0 Å². The van der Waals surface area contributed by atoms with Gasteiger partial charge in [-0.1, -0.05) is 18.2 Å². The molecule has 0 atom stereocenters. The predicted octanol–water partition coefficient (Wildman–Crippen LogP) is 4.50. The summed E-state index contributed by atoms with van der Waals surface area (Å²) in [6.07, 6.45) is 2.49. The number of carbonyl (C=O) groups is 1. The second kappa shape index (κ2) is 8.71. The van der Waals surface area contributed by atoms with Crippen LogP contribution in [-0.4, -0.2) is 36.7 Å². The highest BCUT2D eigenvalue weighted by molar-refractivity contribution is 6.02. The number of amides is 1. The number of methoxy groups -OCH3 is 1. The van der Waals surface area contributed by atoms with E-state index >= 15 is 0 Å². The zero-order valence-corrected chi connectivity index (χ0v) is 17.7. The van der Waals surface area contributed by atoms with Crippen molar-refractivity contribution in [1.29, 1.82) is 0 Å². The second-order valence-electron chi connectivity index (χ2n) is 7.70. The molecule has 0 unspecified atom stereocenters. The van der Waals surface area contributed by atoms with Gasteiger partial charge in [0.05, 0.1) is 12.8 Å². The number of hydrogen-bond donors (Lipinski definition) is 1. The number of rotatable bonds is 6. The lowest BCUT2D eigenvalue weighted by atomic mass is 10.1. The van der Waals surface area contributed by atoms with Gasteiger partial charge >= 0.3 is 5.91 Å². The molecule has 2 heterocycles. The molecule has 1 amide bonds. The van der Waals surface area contributed by atoms with Gasteiger partial charge < -0.3 is 9.15 Å². The molecule has 1 aliphatic heterocycles. The SMILES string of the molecule is COc1ccc(/C(C)=N\NC(=O)c2oc3ccccc3c2C)cc1CN1CCCC1. The van der Waals surface area contributed by atoms with Gasteiger partial charge in [0.1, 0.15) is 11.3 Å². The van der Waals surface area contributed by atoms with Crippen LogP contribution in [0.4, 0.5) is 0 Å². The molecule has 1 saturated heterocycles. The van der Waals surface area contributed by atoms with E-state index in [0.717, 1.165) is 53.2 Å². The number of hydrogen-bond acceptors (Lipinski definition) is 5. The Kier molecular flexibility index (Phi) is 5.86. The average Bonchev–Trinajstić information content (AvgIpc) is 3.40. The van der Waals surface area contributed by atoms with Crippen LogP contribution in [0.5, 0.6) is 5.75 Å². The lowest BCUT2D eigenvalue weighted by Gasteiger charge is -2.17. The third-order valence-electron chi connectivity index (χ3n) is 5.67. The lowest BCUT2D eigenvalue weighted by molar-refractivity contribution is 0.0928. The highest BCUT2D eigenvalue weighted by atomic mass is 16.5. The van der Waals surface area contributed by atoms with Gasteiger partial charge in [-0.25, -0.2) is 5.43 Å². The molecule has 1 N–H and O–H groups in total. The van der Waals surface area contributed by atoms with Crippen molar-refractivity contribution in [1.82, 2.24) is 10.3 Å². The summed E-state index contributed by atoms with van der Waals surface area (Å²) in [5.74, 6) is 0.812. The molecule has 4 rings (SSSR count). The molecule has 1 aliphatic rings. The molecule has 30 heavy (non-hydrogen) atoms. The van der Waals surface area contributed by atoms with Gasteiger partial charge in [-0.15, -0.1) is 0 Å². The van der Waals surface area contributed by atoms with Crippen LogP contribution in [0.2, 0.25) is 0 Å². The molecule has 0 spiro atoms. The highest BCUT2D eigenvalue weighted by Crippen LogP contribution is 2.25. The Labute approximate surface area is 176 Å². The van der Waals surface area contributed by atoms with Crippen LogP contribution < -0.4 is 10.2 Å². The summed E-state index contributed by atoms with van der Waals surface area (Å²) in [7, 11) is 1.69. The van der Waals surface area contributed by atoms with Crippen molar-refractivity contribution in [3.63, 3.8) is 0 Å². The molecule has 0 aliphatic carbocycles. The van der Waals surface area contributed by atoms with E-state index < -0.39 is 0 Å². The Bertz CT molecular complexity index is 1090. The summed E-state index contributed by atoms with van der Waals surface area (Å²) in [6, 6.07) is 13.6. The van der Waals surface area contributed by atoms with Crippen molar-refractivity contribution in [2.45, 2.75) is 33.2 Å². The molecular formula is C24H27N3O3. The Hall–Kier alpha value is -3.12. The summed E-state index contributed by atoms with van der Waals surface area (Å²) < 4.78 is 11.3. The molecule has 6 heteroatoms. The number of benzene rings is 2. The molecule has 6 nitrogen and oxygen atoms in total. The standard InChI is InChI=1S/C24H27N3O3/c1-16-20-8-4-5-9-22(20)30-23(16)24(28)26-25-17(2)18-10-11-21(29-3)19(14-18)15-27-12-6-7-13-27/h4-5,8-11,14H,6-7,12-13,15H2,1-3H3,(H,26,28)/b25-17-. The number of para-hydroxylation sites is 1. The maximum Gasteiger partial charge on any atom is 0.307 e. The minimum Gasteiger partial charge on any atom is -0.496 e. The number of furan rings is 1. The van der Waals surface area contributed by atoms with Gasteiger partial charge in [-0.05, 0) is 69.6 Å². The van der Waals surface area contributed by atoms with Gasteiger partial charge in [-0.3, -0.25) is 9.69 Å². The largest absolute Gasteiger partial charge is 0.496 e. The van der Waals surface area contributed by atoms with E-state index in [1.807, 2.05) is 50.2 Å². The Morgan fingerprint density at radius 1 is 1.20 bits per heavy atom. The summed E-state index contributed by atoms with van der Waals surface area (Å²) in [6.45, 7) is 6.86. The van der Waals surface area contributed by atoms with Gasteiger partial charge in [0.2, 0.25) is 0 Å². The topological polar surface area (TPSA) is 67.1 Å². The number of nitrogens with one attached hydrogen (secondary N) is 1. The third kappa shape index (κ3) is 4.09. The van der Waals surface area contributed by atoms with Crippen molar-refractivity contribution in [2.75, 3.05) is 20.2 Å². The fourth-order valence-corrected chi connectivity index (χ4v) is 3.95. The van der Waals surface area contributed by atoms with E-state index in [0.29, 0.717) is 5.58 Å². The first-order valence-electron chi connectivity index (χ1n) is 10.3. The fourth-order valence-electron chi connectivity index (χ4n) is 3.95. The number of carbonyl (C=O) groups excluding carboxylic acids is 1. The highest BCUT2D eigenvalue weighted by Gasteiger charge is 2.18. The molecule has 3 aromatic rings. The van der Waals surface area contributed by atoms with Crippen LogP contribution >= 0.6 is 0 Å². The smallest absolute Gasteiger partial charge is 0.307 e. The molecule has 156 valence electrons. The van der Waals surface area contributed by atoms with Gasteiger partial charge in [0.15, 0.2) is 5.76 Å². The molecule has 2 aromatic carbocycles. The van der Waals surface area contributed by atoms with Crippen LogP contribution in [0.15, 0.2) is 52.0 Å². The van der Waals surface area contributed by atoms with E-state index in [2.05, 4.69) is 21.5 Å². The molecule has 0 saturated carbocycles. The van der Waals surface area contributed by atoms with E-state index in [4.69, 9.17) is 9.15 Å². The predicted molar refractivity (Wildman–Crippen MR) is 118 cm³/mol. The van der Waals surface area contributed by atoms with E-state index in [1.54, 1.807) is 7.11 Å². The van der Waals surface area contributed by atoms with Crippen molar-refractivity contribution in [3.8, 4) is 5.75 Å². The normalized spacial score (nSPS) is 15.0. The van der Waals surface area contributed by atoms with Gasteiger partial charge in [0, 0.05) is 23.1 Å². The average molecular weight is 405 g/mol. The molecule has 1 aromatic heterocycles. The Balaban J connectivity index is 1.52. The number of ether oxygens (including phenoxy) is 1. The summed E-state index contributed by atoms with van der Waals surface area (Å²) >= 11 is 0. The minimum atomic E-state index is -0.353. The zero-order valence-electron chi connectivity index (χ0n) is 17.7. The van der Waals surface area contributed by atoms with E-state index in [1.165, 1.54) is 12.8 Å². The quantitative estimate of drug-likeness (QED) is 0.484. The van der Waals surface area contributed by atoms with Crippen LogP contribution in [0, 0.1) is 6.92 Å². The first-order valence-corrected chi connectivity index (χ1v) is 10.3. The molecule has 0 bridgehead atoms. The van der Waals surface area contributed by atoms with E-state index in [9.17, 15) is 4.79 Å². The van der Waals surface area contributed by atoms with Crippen molar-refractivity contribution < 1.29 is 13.9 Å². The maximum absolute atomic E-state index is 12.6. The first-order chi connectivity index (χ1) is 14.6. The van der Waals surface area contributed by atoms with Crippen LogP contribution in [-0.2, 0) is 6.54 Å². The fraction of sp³-hybridized carbons (Fsp3) is 0.333. The van der Waals surface area contributed by atoms with Crippen molar-refractivity contribution >= 4 is 22.6 Å². The summed E-state index contributed by atoms with van der Waals surface area (Å²) in [5, 5.41) is 5.25. The third-order valence-corrected chi connectivity index (χ3v) is 5.67. The minimum absolute atomic E-state index is 0.289. The Morgan fingerprint density at radius 2 is 1.97 bits per heavy atom. The van der Waals surface area contributed by atoms with Crippen LogP contribution in [0.25, 0.3) is 11.0 Å². The first kappa shape index (κ1) is 20.2. The Morgan fingerprint density at radius 3 is 2.70 bits per heavy atom. The molecular weight excluding hydrogens is 378 g/mol. The van der Waals surface area contributed by atoms with Crippen LogP contribution in [0.1, 0.15) is 47.0 Å². The number of likely N-dealkylation sites (tertiary alicyclic amines) is 1. The van der Waals surface area contributed by atoms with Crippen molar-refractivity contribution in [3.05, 3.63) is 64.9 Å². The van der Waals surface area contributed by atoms with Gasteiger partial charge in [-0.2, -0.15) is 5.10 Å². The lowest BCUT2D eigenvalue weighted by Crippen LogP contribution is -2.20. The summed E-state index contributed by atoms with van der Waals surface area (Å²) in [5.41, 5.74) is 6.95. The number of nitrogens with zero attached hydrogens (tertiary/aromatic N) is 2. The summed E-state index contributed by atoms with van der Waals surface area (Å²) in [4.78, 5) is 15.1. The maximum atomic E-state index is 12.6. The number of hydrazone groups is 1. The van der Waals surface area contributed by atoms with Crippen molar-refractivity contribution in [2.24, 2.45) is 5.10 Å². The number of fused-ring (bicyclic) bond motifs is 1. The molecule has 0 radical (unpaired) electrons. The second-order valence-corrected chi connectivity index (χ2v) is 7.70.